The van der Waals surface area contributed by atoms with E-state index in [9.17, 15) is 5.11 Å². The van der Waals surface area contributed by atoms with E-state index in [1.807, 2.05) is 43.3 Å². The molecule has 2 atom stereocenters. The Bertz CT molecular complexity index is 1260. The molecule has 0 spiro atoms. The molecule has 0 radical (unpaired) electrons. The largest absolute Gasteiger partial charge is 0.493 e. The number of rotatable bonds is 11. The topological polar surface area (TPSA) is 72.8 Å². The molecule has 39 heavy (non-hydrogen) atoms. The minimum atomic E-state index is -1.03. The summed E-state index contributed by atoms with van der Waals surface area (Å²) in [5, 5.41) is 11.5. The number of piperidine rings is 1. The van der Waals surface area contributed by atoms with Crippen molar-refractivity contribution in [2.24, 2.45) is 4.99 Å². The highest BCUT2D eigenvalue weighted by Crippen LogP contribution is 2.38. The minimum absolute atomic E-state index is 0.0496. The van der Waals surface area contributed by atoms with E-state index in [-0.39, 0.29) is 6.04 Å². The standard InChI is InChI=1S/C32H40N2O5/c1-32(35)22-34(18-16-23-9-7-6-8-10-23)26(25-12-14-28(37-3)30(20-25)39-5)21-31(32)33-17-15-24-11-13-27(36-2)29(19-24)38-4/h6-14,19-20,26,35H,15-18,21-22H2,1-5H3. The Morgan fingerprint density at radius 2 is 1.44 bits per heavy atom. The number of methoxy groups -OCH3 is 4. The van der Waals surface area contributed by atoms with Crippen molar-refractivity contribution in [3.05, 3.63) is 83.4 Å². The molecule has 208 valence electrons. The number of aliphatic imine (C=N–C) groups is 1. The predicted molar refractivity (Wildman–Crippen MR) is 155 cm³/mol. The van der Waals surface area contributed by atoms with E-state index in [0.29, 0.717) is 42.5 Å². The molecule has 2 unspecified atom stereocenters. The van der Waals surface area contributed by atoms with E-state index in [1.165, 1.54) is 5.56 Å². The lowest BCUT2D eigenvalue weighted by Gasteiger charge is -2.44. The van der Waals surface area contributed by atoms with Crippen LogP contribution in [0.15, 0.2) is 71.7 Å². The molecule has 1 saturated heterocycles. The fraction of sp³-hybridized carbons (Fsp3) is 0.406. The first-order chi connectivity index (χ1) is 18.9. The van der Waals surface area contributed by atoms with Gasteiger partial charge in [0.15, 0.2) is 23.0 Å². The van der Waals surface area contributed by atoms with Gasteiger partial charge >= 0.3 is 0 Å². The Balaban J connectivity index is 1.57. The van der Waals surface area contributed by atoms with Crippen LogP contribution in [0.2, 0.25) is 0 Å². The van der Waals surface area contributed by atoms with Crippen molar-refractivity contribution in [1.29, 1.82) is 0 Å². The van der Waals surface area contributed by atoms with Crippen LogP contribution in [-0.4, -0.2) is 69.4 Å². The number of hydrogen-bond donors (Lipinski definition) is 1. The number of likely N-dealkylation sites (tertiary alicyclic amines) is 1. The predicted octanol–water partition coefficient (Wildman–Crippen LogP) is 5.15. The summed E-state index contributed by atoms with van der Waals surface area (Å²) < 4.78 is 21.9. The van der Waals surface area contributed by atoms with Crippen LogP contribution in [0.1, 0.15) is 36.1 Å². The lowest BCUT2D eigenvalue weighted by Crippen LogP contribution is -2.54. The molecular weight excluding hydrogens is 492 g/mol. The third-order valence-electron chi connectivity index (χ3n) is 7.43. The molecule has 0 saturated carbocycles. The molecule has 0 aromatic heterocycles. The van der Waals surface area contributed by atoms with Crippen molar-refractivity contribution in [2.45, 2.75) is 37.8 Å². The Hall–Kier alpha value is -3.55. The van der Waals surface area contributed by atoms with Crippen LogP contribution in [0.5, 0.6) is 23.0 Å². The Labute approximate surface area is 232 Å². The Morgan fingerprint density at radius 1 is 0.795 bits per heavy atom. The molecule has 7 heteroatoms. The molecule has 0 amide bonds. The van der Waals surface area contributed by atoms with Gasteiger partial charge < -0.3 is 24.1 Å². The van der Waals surface area contributed by atoms with Crippen LogP contribution in [0.4, 0.5) is 0 Å². The number of nitrogens with zero attached hydrogens (tertiary/aromatic N) is 2. The van der Waals surface area contributed by atoms with Gasteiger partial charge in [-0.05, 0) is 60.7 Å². The van der Waals surface area contributed by atoms with Gasteiger partial charge in [0.25, 0.3) is 0 Å². The molecule has 7 nitrogen and oxygen atoms in total. The monoisotopic (exact) mass is 532 g/mol. The average Bonchev–Trinajstić information content (AvgIpc) is 2.96. The van der Waals surface area contributed by atoms with Crippen LogP contribution in [-0.2, 0) is 12.8 Å². The molecule has 0 bridgehead atoms. The molecule has 3 aromatic rings. The van der Waals surface area contributed by atoms with Gasteiger partial charge in [-0.3, -0.25) is 9.89 Å². The fourth-order valence-electron chi connectivity index (χ4n) is 5.26. The summed E-state index contributed by atoms with van der Waals surface area (Å²) in [6.45, 7) is 3.76. The van der Waals surface area contributed by atoms with Crippen molar-refractivity contribution in [3.63, 3.8) is 0 Å². The normalized spacial score (nSPS) is 20.6. The lowest BCUT2D eigenvalue weighted by atomic mass is 9.84. The molecular formula is C32H40N2O5. The van der Waals surface area contributed by atoms with Gasteiger partial charge in [-0.15, -0.1) is 0 Å². The van der Waals surface area contributed by atoms with Gasteiger partial charge in [0.1, 0.15) is 5.60 Å². The maximum Gasteiger partial charge on any atom is 0.161 e. The first-order valence-electron chi connectivity index (χ1n) is 13.4. The SMILES string of the molecule is COc1ccc(CCN=C2CC(c3ccc(OC)c(OC)c3)N(CCc3ccccc3)CC2(C)O)cc1OC. The quantitative estimate of drug-likeness (QED) is 0.369. The van der Waals surface area contributed by atoms with Gasteiger partial charge in [0.05, 0.1) is 28.4 Å². The van der Waals surface area contributed by atoms with E-state index < -0.39 is 5.60 Å². The first kappa shape index (κ1) is 28.5. The molecule has 1 heterocycles. The Kier molecular flexibility index (Phi) is 9.49. The van der Waals surface area contributed by atoms with E-state index in [2.05, 4.69) is 35.2 Å². The van der Waals surface area contributed by atoms with E-state index >= 15 is 0 Å². The lowest BCUT2D eigenvalue weighted by molar-refractivity contribution is 0.0369. The second kappa shape index (κ2) is 13.0. The number of benzene rings is 3. The summed E-state index contributed by atoms with van der Waals surface area (Å²) in [7, 11) is 6.57. The number of aliphatic hydroxyl groups is 1. The van der Waals surface area contributed by atoms with Crippen LogP contribution in [0.25, 0.3) is 0 Å². The highest BCUT2D eigenvalue weighted by molar-refractivity contribution is 5.93. The van der Waals surface area contributed by atoms with Gasteiger partial charge in [0.2, 0.25) is 0 Å². The van der Waals surface area contributed by atoms with E-state index in [0.717, 1.165) is 36.2 Å². The molecule has 3 aromatic carbocycles. The summed E-state index contributed by atoms with van der Waals surface area (Å²) >= 11 is 0. The van der Waals surface area contributed by atoms with Gasteiger partial charge in [-0.1, -0.05) is 42.5 Å². The van der Waals surface area contributed by atoms with Gasteiger partial charge in [-0.25, -0.2) is 0 Å². The zero-order chi connectivity index (χ0) is 27.8. The molecule has 1 aliphatic rings. The summed E-state index contributed by atoms with van der Waals surface area (Å²) in [5.41, 5.74) is 3.29. The third kappa shape index (κ3) is 6.91. The summed E-state index contributed by atoms with van der Waals surface area (Å²) in [4.78, 5) is 7.31. The zero-order valence-electron chi connectivity index (χ0n) is 23.6. The molecule has 1 N–H and O–H groups in total. The molecule has 1 fully saturated rings. The van der Waals surface area contributed by atoms with Crippen molar-refractivity contribution in [1.82, 2.24) is 4.90 Å². The van der Waals surface area contributed by atoms with Crippen molar-refractivity contribution in [2.75, 3.05) is 48.1 Å². The molecule has 1 aliphatic heterocycles. The van der Waals surface area contributed by atoms with Crippen molar-refractivity contribution < 1.29 is 24.1 Å². The summed E-state index contributed by atoms with van der Waals surface area (Å²) in [6, 6.07) is 22.5. The highest BCUT2D eigenvalue weighted by Gasteiger charge is 2.40. The van der Waals surface area contributed by atoms with Crippen LogP contribution in [0, 0.1) is 0 Å². The fourth-order valence-corrected chi connectivity index (χ4v) is 5.26. The number of ether oxygens (including phenoxy) is 4. The van der Waals surface area contributed by atoms with Gasteiger partial charge in [0, 0.05) is 37.8 Å². The molecule has 0 aliphatic carbocycles. The van der Waals surface area contributed by atoms with Gasteiger partial charge in [-0.2, -0.15) is 0 Å². The molecule has 4 rings (SSSR count). The maximum atomic E-state index is 11.5. The first-order valence-corrected chi connectivity index (χ1v) is 13.4. The highest BCUT2D eigenvalue weighted by atomic mass is 16.5. The van der Waals surface area contributed by atoms with Crippen LogP contribution < -0.4 is 18.9 Å². The number of hydrogen-bond acceptors (Lipinski definition) is 7. The second-order valence-corrected chi connectivity index (χ2v) is 10.1. The summed E-state index contributed by atoms with van der Waals surface area (Å²) in [5.74, 6) is 2.80. The van der Waals surface area contributed by atoms with E-state index in [1.54, 1.807) is 28.4 Å². The van der Waals surface area contributed by atoms with Crippen molar-refractivity contribution in [3.8, 4) is 23.0 Å². The minimum Gasteiger partial charge on any atom is -0.493 e. The second-order valence-electron chi connectivity index (χ2n) is 10.1. The maximum absolute atomic E-state index is 11.5. The van der Waals surface area contributed by atoms with Crippen LogP contribution >= 0.6 is 0 Å². The average molecular weight is 533 g/mol. The third-order valence-corrected chi connectivity index (χ3v) is 7.43. The van der Waals surface area contributed by atoms with Crippen molar-refractivity contribution >= 4 is 5.71 Å². The van der Waals surface area contributed by atoms with Crippen LogP contribution in [0.3, 0.4) is 0 Å². The smallest absolute Gasteiger partial charge is 0.161 e. The Morgan fingerprint density at radius 3 is 2.10 bits per heavy atom. The zero-order valence-corrected chi connectivity index (χ0v) is 23.6. The number of β-amino-alcohol motifs (C(OH)–C–C–N with tert-alkyl or cyclic N) is 1. The summed E-state index contributed by atoms with van der Waals surface area (Å²) in [6.07, 6.45) is 2.26. The van der Waals surface area contributed by atoms with E-state index in [4.69, 9.17) is 23.9 Å².